The largest absolute Gasteiger partial charge is 0.434 e. The van der Waals surface area contributed by atoms with Crippen LogP contribution in [0.15, 0.2) is 24.4 Å². The highest BCUT2D eigenvalue weighted by Gasteiger charge is 2.10. The smallest absolute Gasteiger partial charge is 0.387 e. The van der Waals surface area contributed by atoms with Gasteiger partial charge in [0.15, 0.2) is 4.47 Å². The van der Waals surface area contributed by atoms with Gasteiger partial charge in [0.1, 0.15) is 5.75 Å². The van der Waals surface area contributed by atoms with Crippen molar-refractivity contribution in [2.24, 2.45) is 0 Å². The van der Waals surface area contributed by atoms with Crippen LogP contribution in [0.5, 0.6) is 5.75 Å². The molecule has 3 nitrogen and oxygen atoms in total. The standard InChI is InChI=1S/C12H10Cl2F2N2OS/c13-8-1-2-10(19-12(15)16)7(3-8)4-17-5-9-6-18-11(14)20-9/h1-3,6,12,17H,4-5H2. The summed E-state index contributed by atoms with van der Waals surface area (Å²) < 4.78 is 29.5. The minimum absolute atomic E-state index is 0.110. The lowest BCUT2D eigenvalue weighted by molar-refractivity contribution is -0.0505. The number of alkyl halides is 2. The van der Waals surface area contributed by atoms with Gasteiger partial charge in [-0.05, 0) is 18.2 Å². The molecule has 0 aliphatic carbocycles. The fourth-order valence-corrected chi connectivity index (χ4v) is 2.73. The third-order valence-corrected chi connectivity index (χ3v) is 3.73. The molecule has 0 aliphatic heterocycles. The van der Waals surface area contributed by atoms with Crippen molar-refractivity contribution in [2.75, 3.05) is 0 Å². The fraction of sp³-hybridized carbons (Fsp3) is 0.250. The molecule has 0 atom stereocenters. The number of hydrogen-bond donors (Lipinski definition) is 1. The second kappa shape index (κ2) is 7.17. The van der Waals surface area contributed by atoms with Crippen molar-refractivity contribution in [2.45, 2.75) is 19.7 Å². The highest BCUT2D eigenvalue weighted by molar-refractivity contribution is 7.15. The van der Waals surface area contributed by atoms with Crippen molar-refractivity contribution in [3.8, 4) is 5.75 Å². The van der Waals surface area contributed by atoms with E-state index in [4.69, 9.17) is 23.2 Å². The normalized spacial score (nSPS) is 11.1. The number of rotatable bonds is 6. The molecule has 0 aliphatic rings. The molecule has 1 N–H and O–H groups in total. The van der Waals surface area contributed by atoms with Gasteiger partial charge in [-0.2, -0.15) is 8.78 Å². The number of aromatic nitrogens is 1. The Morgan fingerprint density at radius 3 is 2.75 bits per heavy atom. The zero-order chi connectivity index (χ0) is 14.5. The first-order valence-corrected chi connectivity index (χ1v) is 7.16. The van der Waals surface area contributed by atoms with Crippen LogP contribution in [0.25, 0.3) is 0 Å². The summed E-state index contributed by atoms with van der Waals surface area (Å²) in [5.74, 6) is 0.110. The Kier molecular flexibility index (Phi) is 5.54. The summed E-state index contributed by atoms with van der Waals surface area (Å²) in [5, 5.41) is 3.56. The molecule has 1 aromatic heterocycles. The molecule has 2 rings (SSSR count). The Bertz CT molecular complexity index is 580. The van der Waals surface area contributed by atoms with Gasteiger partial charge in [0.05, 0.1) is 0 Å². The number of halogens is 4. The Hall–Kier alpha value is -0.950. The third-order valence-electron chi connectivity index (χ3n) is 2.38. The Morgan fingerprint density at radius 2 is 2.10 bits per heavy atom. The Balaban J connectivity index is 1.98. The summed E-state index contributed by atoms with van der Waals surface area (Å²) in [7, 11) is 0. The van der Waals surface area contributed by atoms with Gasteiger partial charge in [-0.15, -0.1) is 11.3 Å². The van der Waals surface area contributed by atoms with Crippen LogP contribution >= 0.6 is 34.5 Å². The third kappa shape index (κ3) is 4.56. The van der Waals surface area contributed by atoms with Gasteiger partial charge in [-0.25, -0.2) is 4.98 Å². The number of hydrogen-bond acceptors (Lipinski definition) is 4. The van der Waals surface area contributed by atoms with E-state index in [1.807, 2.05) is 0 Å². The van der Waals surface area contributed by atoms with Crippen molar-refractivity contribution in [3.63, 3.8) is 0 Å². The molecule has 0 fully saturated rings. The quantitative estimate of drug-likeness (QED) is 0.850. The lowest BCUT2D eigenvalue weighted by Crippen LogP contribution is -2.14. The predicted octanol–water partition coefficient (Wildman–Crippen LogP) is 4.34. The Labute approximate surface area is 128 Å². The van der Waals surface area contributed by atoms with Crippen LogP contribution in [-0.2, 0) is 13.1 Å². The van der Waals surface area contributed by atoms with Crippen LogP contribution in [0.1, 0.15) is 10.4 Å². The van der Waals surface area contributed by atoms with Gasteiger partial charge in [-0.3, -0.25) is 0 Å². The van der Waals surface area contributed by atoms with Crippen LogP contribution in [0.3, 0.4) is 0 Å². The van der Waals surface area contributed by atoms with E-state index in [-0.39, 0.29) is 5.75 Å². The van der Waals surface area contributed by atoms with Crippen molar-refractivity contribution >= 4 is 34.5 Å². The van der Waals surface area contributed by atoms with Crippen molar-refractivity contribution in [1.29, 1.82) is 0 Å². The van der Waals surface area contributed by atoms with Crippen LogP contribution in [-0.4, -0.2) is 11.6 Å². The van der Waals surface area contributed by atoms with Crippen LogP contribution in [0.4, 0.5) is 8.78 Å². The summed E-state index contributed by atoms with van der Waals surface area (Å²) in [6.07, 6.45) is 1.66. The van der Waals surface area contributed by atoms with Crippen molar-refractivity contribution < 1.29 is 13.5 Å². The van der Waals surface area contributed by atoms with Gasteiger partial charge in [0.25, 0.3) is 0 Å². The molecule has 0 saturated carbocycles. The van der Waals surface area contributed by atoms with E-state index < -0.39 is 6.61 Å². The van der Waals surface area contributed by atoms with Gasteiger partial charge < -0.3 is 10.1 Å². The summed E-state index contributed by atoms with van der Waals surface area (Å²) in [4.78, 5) is 4.86. The van der Waals surface area contributed by atoms with Crippen LogP contribution in [0, 0.1) is 0 Å². The summed E-state index contributed by atoms with van der Waals surface area (Å²) in [6.45, 7) is -1.99. The first-order chi connectivity index (χ1) is 9.54. The summed E-state index contributed by atoms with van der Waals surface area (Å²) in [6, 6.07) is 4.52. The Morgan fingerprint density at radius 1 is 1.30 bits per heavy atom. The molecule has 2 aromatic rings. The number of nitrogens with zero attached hydrogens (tertiary/aromatic N) is 1. The van der Waals surface area contributed by atoms with E-state index in [0.29, 0.717) is 28.1 Å². The zero-order valence-electron chi connectivity index (χ0n) is 10.1. The molecule has 108 valence electrons. The topological polar surface area (TPSA) is 34.1 Å². The van der Waals surface area contributed by atoms with E-state index in [1.165, 1.54) is 23.5 Å². The number of ether oxygens (including phenoxy) is 1. The lowest BCUT2D eigenvalue weighted by Gasteiger charge is -2.11. The van der Waals surface area contributed by atoms with Gasteiger partial charge >= 0.3 is 6.61 Å². The van der Waals surface area contributed by atoms with E-state index in [0.717, 1.165) is 4.88 Å². The molecule has 0 spiro atoms. The maximum absolute atomic E-state index is 12.3. The SMILES string of the molecule is FC(F)Oc1ccc(Cl)cc1CNCc1cnc(Cl)s1. The average Bonchev–Trinajstić information content (AvgIpc) is 2.78. The van der Waals surface area contributed by atoms with Gasteiger partial charge in [0, 0.05) is 34.7 Å². The van der Waals surface area contributed by atoms with Crippen molar-refractivity contribution in [1.82, 2.24) is 10.3 Å². The first-order valence-electron chi connectivity index (χ1n) is 5.59. The molecule has 0 unspecified atom stereocenters. The van der Waals surface area contributed by atoms with Crippen molar-refractivity contribution in [3.05, 3.63) is 44.3 Å². The maximum Gasteiger partial charge on any atom is 0.387 e. The molecule has 1 heterocycles. The predicted molar refractivity (Wildman–Crippen MR) is 75.8 cm³/mol. The summed E-state index contributed by atoms with van der Waals surface area (Å²) in [5.41, 5.74) is 0.563. The van der Waals surface area contributed by atoms with E-state index in [1.54, 1.807) is 12.3 Å². The number of nitrogens with one attached hydrogen (secondary N) is 1. The molecular formula is C12H10Cl2F2N2OS. The van der Waals surface area contributed by atoms with E-state index >= 15 is 0 Å². The number of benzene rings is 1. The van der Waals surface area contributed by atoms with Crippen LogP contribution in [0.2, 0.25) is 9.49 Å². The highest BCUT2D eigenvalue weighted by Crippen LogP contribution is 2.25. The molecule has 8 heteroatoms. The fourth-order valence-electron chi connectivity index (χ4n) is 1.58. The first kappa shape index (κ1) is 15.4. The summed E-state index contributed by atoms with van der Waals surface area (Å²) >= 11 is 12.9. The molecule has 20 heavy (non-hydrogen) atoms. The molecular weight excluding hydrogens is 329 g/mol. The van der Waals surface area contributed by atoms with E-state index in [9.17, 15) is 8.78 Å². The van der Waals surface area contributed by atoms with E-state index in [2.05, 4.69) is 15.0 Å². The molecule has 0 radical (unpaired) electrons. The average molecular weight is 339 g/mol. The minimum Gasteiger partial charge on any atom is -0.434 e. The molecule has 0 bridgehead atoms. The maximum atomic E-state index is 12.3. The van der Waals surface area contributed by atoms with Crippen LogP contribution < -0.4 is 10.1 Å². The highest BCUT2D eigenvalue weighted by atomic mass is 35.5. The minimum atomic E-state index is -2.87. The van der Waals surface area contributed by atoms with Gasteiger partial charge in [0.2, 0.25) is 0 Å². The van der Waals surface area contributed by atoms with Gasteiger partial charge in [-0.1, -0.05) is 23.2 Å². The monoisotopic (exact) mass is 338 g/mol. The lowest BCUT2D eigenvalue weighted by atomic mass is 10.2. The molecule has 0 amide bonds. The number of thiazole rings is 1. The molecule has 1 aromatic carbocycles. The second-order valence-corrected chi connectivity index (χ2v) is 5.95. The second-order valence-electron chi connectivity index (χ2n) is 3.81. The molecule has 0 saturated heterocycles. The zero-order valence-corrected chi connectivity index (χ0v) is 12.4.